The maximum absolute atomic E-state index is 9.06. The SMILES string of the molecule is NCc1cc(Cl)c(O)cc1Cl. The average Bonchev–Trinajstić information content (AvgIpc) is 1.97. The Labute approximate surface area is 74.5 Å². The topological polar surface area (TPSA) is 46.2 Å². The molecule has 0 aliphatic rings. The molecule has 1 rings (SSSR count). The summed E-state index contributed by atoms with van der Waals surface area (Å²) in [6.45, 7) is 0.318. The van der Waals surface area contributed by atoms with Gasteiger partial charge < -0.3 is 10.8 Å². The number of phenols is 1. The first-order valence-electron chi connectivity index (χ1n) is 3.02. The molecule has 11 heavy (non-hydrogen) atoms. The molecule has 0 fully saturated rings. The summed E-state index contributed by atoms with van der Waals surface area (Å²) in [5, 5.41) is 9.78. The lowest BCUT2D eigenvalue weighted by molar-refractivity contribution is 0.475. The third kappa shape index (κ3) is 1.77. The highest BCUT2D eigenvalue weighted by molar-refractivity contribution is 6.34. The van der Waals surface area contributed by atoms with Crippen LogP contribution in [0, 0.1) is 0 Å². The second kappa shape index (κ2) is 3.30. The Kier molecular flexibility index (Phi) is 2.60. The summed E-state index contributed by atoms with van der Waals surface area (Å²) in [5.74, 6) is -0.0196. The van der Waals surface area contributed by atoms with Crippen LogP contribution in [-0.4, -0.2) is 5.11 Å². The molecule has 0 saturated carbocycles. The van der Waals surface area contributed by atoms with E-state index in [4.69, 9.17) is 34.0 Å². The zero-order valence-corrected chi connectivity index (χ0v) is 7.15. The summed E-state index contributed by atoms with van der Waals surface area (Å²) in [6, 6.07) is 2.94. The van der Waals surface area contributed by atoms with Crippen molar-refractivity contribution in [3.05, 3.63) is 27.7 Å². The van der Waals surface area contributed by atoms with E-state index in [1.54, 1.807) is 6.07 Å². The van der Waals surface area contributed by atoms with E-state index in [9.17, 15) is 0 Å². The molecule has 0 radical (unpaired) electrons. The van der Waals surface area contributed by atoms with Crippen molar-refractivity contribution in [1.82, 2.24) is 0 Å². The van der Waals surface area contributed by atoms with Gasteiger partial charge in [0.2, 0.25) is 0 Å². The molecule has 0 aliphatic heterocycles. The summed E-state index contributed by atoms with van der Waals surface area (Å²) < 4.78 is 0. The van der Waals surface area contributed by atoms with Crippen LogP contribution in [0.5, 0.6) is 5.75 Å². The lowest BCUT2D eigenvalue weighted by Gasteiger charge is -2.02. The highest BCUT2D eigenvalue weighted by atomic mass is 35.5. The number of rotatable bonds is 1. The minimum absolute atomic E-state index is 0.0196. The molecule has 0 spiro atoms. The van der Waals surface area contributed by atoms with Gasteiger partial charge in [-0.05, 0) is 11.6 Å². The second-order valence-corrected chi connectivity index (χ2v) is 2.91. The molecule has 1 aromatic rings. The maximum atomic E-state index is 9.06. The minimum atomic E-state index is -0.0196. The van der Waals surface area contributed by atoms with Gasteiger partial charge in [0, 0.05) is 17.6 Å². The van der Waals surface area contributed by atoms with Crippen molar-refractivity contribution in [2.45, 2.75) is 6.54 Å². The Morgan fingerprint density at radius 2 is 1.91 bits per heavy atom. The Morgan fingerprint density at radius 1 is 1.27 bits per heavy atom. The van der Waals surface area contributed by atoms with Gasteiger partial charge in [0.1, 0.15) is 5.75 Å². The van der Waals surface area contributed by atoms with Crippen LogP contribution >= 0.6 is 23.2 Å². The molecule has 0 atom stereocenters. The standard InChI is InChI=1S/C7H7Cl2NO/c8-5-2-7(11)6(9)1-4(5)3-10/h1-2,11H,3,10H2. The normalized spacial score (nSPS) is 10.1. The third-order valence-corrected chi connectivity index (χ3v) is 1.99. The number of benzene rings is 1. The zero-order chi connectivity index (χ0) is 8.43. The molecule has 2 nitrogen and oxygen atoms in total. The van der Waals surface area contributed by atoms with E-state index in [-0.39, 0.29) is 10.8 Å². The van der Waals surface area contributed by atoms with Crippen molar-refractivity contribution >= 4 is 23.2 Å². The molecule has 3 N–H and O–H groups in total. The summed E-state index contributed by atoms with van der Waals surface area (Å²) >= 11 is 11.3. The van der Waals surface area contributed by atoms with Gasteiger partial charge in [-0.2, -0.15) is 0 Å². The minimum Gasteiger partial charge on any atom is -0.506 e. The van der Waals surface area contributed by atoms with Gasteiger partial charge in [-0.25, -0.2) is 0 Å². The molecule has 0 bridgehead atoms. The van der Waals surface area contributed by atoms with Gasteiger partial charge in [0.05, 0.1) is 5.02 Å². The summed E-state index contributed by atoms with van der Waals surface area (Å²) in [7, 11) is 0. The number of hydrogen-bond acceptors (Lipinski definition) is 2. The number of phenolic OH excluding ortho intramolecular Hbond substituents is 1. The van der Waals surface area contributed by atoms with Crippen molar-refractivity contribution in [3.8, 4) is 5.75 Å². The van der Waals surface area contributed by atoms with Crippen molar-refractivity contribution < 1.29 is 5.11 Å². The van der Waals surface area contributed by atoms with E-state index in [1.807, 2.05) is 0 Å². The fourth-order valence-electron chi connectivity index (χ4n) is 0.734. The second-order valence-electron chi connectivity index (χ2n) is 2.10. The summed E-state index contributed by atoms with van der Waals surface area (Å²) in [4.78, 5) is 0. The quantitative estimate of drug-likeness (QED) is 0.715. The number of halogens is 2. The number of hydrogen-bond donors (Lipinski definition) is 2. The lowest BCUT2D eigenvalue weighted by atomic mass is 10.2. The van der Waals surface area contributed by atoms with Crippen molar-refractivity contribution in [3.63, 3.8) is 0 Å². The molecular formula is C7H7Cl2NO. The number of nitrogens with two attached hydrogens (primary N) is 1. The highest BCUT2D eigenvalue weighted by Crippen LogP contribution is 2.29. The average molecular weight is 192 g/mol. The predicted molar refractivity (Wildman–Crippen MR) is 46.0 cm³/mol. The summed E-state index contributed by atoms with van der Waals surface area (Å²) in [6.07, 6.45) is 0. The third-order valence-electron chi connectivity index (χ3n) is 1.34. The first kappa shape index (κ1) is 8.65. The van der Waals surface area contributed by atoms with E-state index in [2.05, 4.69) is 0 Å². The molecule has 4 heteroatoms. The molecule has 0 saturated heterocycles. The maximum Gasteiger partial charge on any atom is 0.135 e. The van der Waals surface area contributed by atoms with E-state index >= 15 is 0 Å². The van der Waals surface area contributed by atoms with Crippen molar-refractivity contribution in [2.24, 2.45) is 5.73 Å². The molecule has 0 aliphatic carbocycles. The van der Waals surface area contributed by atoms with Gasteiger partial charge in [-0.1, -0.05) is 23.2 Å². The van der Waals surface area contributed by atoms with Crippen LogP contribution in [0.25, 0.3) is 0 Å². The Hall–Kier alpha value is -0.440. The molecule has 1 aromatic carbocycles. The fraction of sp³-hybridized carbons (Fsp3) is 0.143. The fourth-order valence-corrected chi connectivity index (χ4v) is 1.16. The smallest absolute Gasteiger partial charge is 0.135 e. The molecule has 0 heterocycles. The van der Waals surface area contributed by atoms with Crippen molar-refractivity contribution in [2.75, 3.05) is 0 Å². The van der Waals surface area contributed by atoms with E-state index in [1.165, 1.54) is 6.07 Å². The van der Waals surface area contributed by atoms with E-state index < -0.39 is 0 Å². The van der Waals surface area contributed by atoms with Crippen LogP contribution in [-0.2, 0) is 6.54 Å². The van der Waals surface area contributed by atoms with Crippen LogP contribution in [0.15, 0.2) is 12.1 Å². The predicted octanol–water partition coefficient (Wildman–Crippen LogP) is 2.16. The highest BCUT2D eigenvalue weighted by Gasteiger charge is 2.03. The lowest BCUT2D eigenvalue weighted by Crippen LogP contribution is -1.96. The van der Waals surface area contributed by atoms with Gasteiger partial charge in [-0.3, -0.25) is 0 Å². The Bertz CT molecular complexity index is 275. The van der Waals surface area contributed by atoms with Gasteiger partial charge in [0.25, 0.3) is 0 Å². The Morgan fingerprint density at radius 3 is 2.45 bits per heavy atom. The summed E-state index contributed by atoms with van der Waals surface area (Å²) in [5.41, 5.74) is 6.08. The monoisotopic (exact) mass is 191 g/mol. The molecule has 0 amide bonds. The van der Waals surface area contributed by atoms with Crippen LogP contribution in [0.1, 0.15) is 5.56 Å². The molecule has 0 aromatic heterocycles. The van der Waals surface area contributed by atoms with Crippen LogP contribution in [0.2, 0.25) is 10.0 Å². The Balaban J connectivity index is 3.21. The number of aromatic hydroxyl groups is 1. The molecular weight excluding hydrogens is 185 g/mol. The van der Waals surface area contributed by atoms with Gasteiger partial charge in [0.15, 0.2) is 0 Å². The van der Waals surface area contributed by atoms with Crippen LogP contribution in [0.3, 0.4) is 0 Å². The van der Waals surface area contributed by atoms with E-state index in [0.29, 0.717) is 11.6 Å². The first-order valence-corrected chi connectivity index (χ1v) is 3.77. The molecule has 0 unspecified atom stereocenters. The first-order chi connectivity index (χ1) is 5.15. The van der Waals surface area contributed by atoms with Gasteiger partial charge in [-0.15, -0.1) is 0 Å². The van der Waals surface area contributed by atoms with Crippen molar-refractivity contribution in [1.29, 1.82) is 0 Å². The van der Waals surface area contributed by atoms with Crippen LogP contribution < -0.4 is 5.73 Å². The van der Waals surface area contributed by atoms with Gasteiger partial charge >= 0.3 is 0 Å². The zero-order valence-electron chi connectivity index (χ0n) is 5.64. The van der Waals surface area contributed by atoms with Crippen LogP contribution in [0.4, 0.5) is 0 Å². The largest absolute Gasteiger partial charge is 0.506 e. The molecule has 60 valence electrons. The van der Waals surface area contributed by atoms with E-state index in [0.717, 1.165) is 5.56 Å².